The van der Waals surface area contributed by atoms with Crippen molar-refractivity contribution in [2.75, 3.05) is 27.7 Å². The number of nitrogens with zero attached hydrogens (tertiary/aromatic N) is 1. The first-order valence-electron chi connectivity index (χ1n) is 9.25. The van der Waals surface area contributed by atoms with Crippen LogP contribution in [0.3, 0.4) is 0 Å². The van der Waals surface area contributed by atoms with E-state index < -0.39 is 23.5 Å². The molecule has 0 aliphatic rings. The van der Waals surface area contributed by atoms with Crippen molar-refractivity contribution in [3.63, 3.8) is 0 Å². The lowest BCUT2D eigenvalue weighted by Crippen LogP contribution is -2.61. The second kappa shape index (κ2) is 11.3. The summed E-state index contributed by atoms with van der Waals surface area (Å²) in [5.74, 6) is -1.77. The Morgan fingerprint density at radius 1 is 0.960 bits per heavy atom. The molecule has 0 aliphatic heterocycles. The number of rotatable bonds is 15. The van der Waals surface area contributed by atoms with Crippen LogP contribution in [-0.4, -0.2) is 58.8 Å². The number of unbranched alkanes of at least 4 members (excludes halogenated alkanes) is 9. The molecule has 0 saturated heterocycles. The van der Waals surface area contributed by atoms with Crippen molar-refractivity contribution in [2.45, 2.75) is 76.6 Å². The third-order valence-electron chi connectivity index (χ3n) is 4.38. The topological polar surface area (TPSA) is 104 Å². The van der Waals surface area contributed by atoms with Gasteiger partial charge in [0, 0.05) is 0 Å². The average molecular weight is 382 g/mol. The summed E-state index contributed by atoms with van der Waals surface area (Å²) in [5.41, 5.74) is -2.88. The highest BCUT2D eigenvalue weighted by atomic mass is 31.2. The van der Waals surface area contributed by atoms with E-state index in [1.165, 1.54) is 59.7 Å². The van der Waals surface area contributed by atoms with E-state index in [1.54, 1.807) is 0 Å². The van der Waals surface area contributed by atoms with Gasteiger partial charge in [-0.25, -0.2) is 9.36 Å². The van der Waals surface area contributed by atoms with Crippen molar-refractivity contribution < 1.29 is 33.5 Å². The summed E-state index contributed by atoms with van der Waals surface area (Å²) in [5, 5.41) is 19.5. The van der Waals surface area contributed by atoms with Crippen LogP contribution in [0.2, 0.25) is 0 Å². The van der Waals surface area contributed by atoms with Gasteiger partial charge in [-0.05, 0) is 6.42 Å². The molecular weight excluding hydrogens is 345 g/mol. The first-order chi connectivity index (χ1) is 11.5. The van der Waals surface area contributed by atoms with Crippen molar-refractivity contribution in [3.05, 3.63) is 0 Å². The summed E-state index contributed by atoms with van der Waals surface area (Å²) in [6.07, 6.45) is 11.1. The molecule has 150 valence electrons. The van der Waals surface area contributed by atoms with Gasteiger partial charge < -0.3 is 19.6 Å². The van der Waals surface area contributed by atoms with Crippen LogP contribution in [0.5, 0.6) is 0 Å². The van der Waals surface area contributed by atoms with Crippen LogP contribution >= 0.6 is 7.60 Å². The minimum Gasteiger partial charge on any atom is -0.474 e. The Labute approximate surface area is 152 Å². The lowest BCUT2D eigenvalue weighted by Gasteiger charge is -2.39. The molecule has 0 spiro atoms. The largest absolute Gasteiger partial charge is 0.474 e. The number of carboxylic acids is 1. The van der Waals surface area contributed by atoms with Gasteiger partial charge in [0.1, 0.15) is 0 Å². The fraction of sp³-hybridized carbons (Fsp3) is 0.941. The normalized spacial score (nSPS) is 17.0. The molecular formula is C17H37NO6P+. The quantitative estimate of drug-likeness (QED) is 0.173. The third kappa shape index (κ3) is 7.75. The summed E-state index contributed by atoms with van der Waals surface area (Å²) in [6, 6.07) is 0. The standard InChI is InChI=1S/C17H36NO6P/c1-5-6-7-8-9-10-11-12-13-14-15-24-25(22,23)17(21,16(19)20)18(2,3)4/h21H,5-15H2,1-4H3,(H-,19,20,22,23)/p+1. The second-order valence-corrected chi connectivity index (χ2v) is 9.41. The SMILES string of the molecule is CCCCCCCCCCCCOP(=O)(O)C(O)(C(=O)O)[N+](C)(C)C. The van der Waals surface area contributed by atoms with E-state index in [-0.39, 0.29) is 6.61 Å². The Morgan fingerprint density at radius 3 is 1.72 bits per heavy atom. The first-order valence-corrected chi connectivity index (χ1v) is 10.8. The maximum Gasteiger partial charge on any atom is 0.430 e. The molecule has 0 saturated carbocycles. The summed E-state index contributed by atoms with van der Waals surface area (Å²) < 4.78 is 16.6. The van der Waals surface area contributed by atoms with E-state index in [1.807, 2.05) is 0 Å². The molecule has 0 aromatic carbocycles. The number of aliphatic hydroxyl groups is 1. The monoisotopic (exact) mass is 382 g/mol. The van der Waals surface area contributed by atoms with Gasteiger partial charge in [0.05, 0.1) is 27.7 Å². The van der Waals surface area contributed by atoms with Gasteiger partial charge in [0.25, 0.3) is 0 Å². The molecule has 2 unspecified atom stereocenters. The zero-order chi connectivity index (χ0) is 19.6. The number of hydrogen-bond donors (Lipinski definition) is 3. The number of aliphatic carboxylic acids is 1. The first kappa shape index (κ1) is 24.5. The van der Waals surface area contributed by atoms with Gasteiger partial charge in [-0.15, -0.1) is 0 Å². The second-order valence-electron chi connectivity index (χ2n) is 7.49. The van der Waals surface area contributed by atoms with Crippen LogP contribution in [0, 0.1) is 0 Å². The minimum absolute atomic E-state index is 0.0418. The zero-order valence-corrected chi connectivity index (χ0v) is 17.1. The van der Waals surface area contributed by atoms with Crippen LogP contribution in [0.25, 0.3) is 0 Å². The molecule has 2 atom stereocenters. The van der Waals surface area contributed by atoms with Crippen LogP contribution in [0.4, 0.5) is 0 Å². The van der Waals surface area contributed by atoms with E-state index in [9.17, 15) is 24.5 Å². The van der Waals surface area contributed by atoms with E-state index in [4.69, 9.17) is 4.52 Å². The van der Waals surface area contributed by atoms with Gasteiger partial charge in [-0.1, -0.05) is 64.7 Å². The predicted molar refractivity (Wildman–Crippen MR) is 98.2 cm³/mol. The van der Waals surface area contributed by atoms with Crippen LogP contribution in [0.15, 0.2) is 0 Å². The molecule has 0 rings (SSSR count). The maximum atomic E-state index is 12.3. The highest BCUT2D eigenvalue weighted by Crippen LogP contribution is 2.57. The predicted octanol–water partition coefficient (Wildman–Crippen LogP) is 3.55. The number of carboxylic acid groups (broad SMARTS) is 1. The van der Waals surface area contributed by atoms with Gasteiger partial charge >= 0.3 is 19.0 Å². The molecule has 0 aliphatic carbocycles. The zero-order valence-electron chi connectivity index (χ0n) is 16.2. The van der Waals surface area contributed by atoms with E-state index >= 15 is 0 Å². The maximum absolute atomic E-state index is 12.3. The number of quaternary nitrogens is 1. The third-order valence-corrected chi connectivity index (χ3v) is 6.49. The molecule has 0 aromatic rings. The Hall–Kier alpha value is -0.460. The molecule has 0 fully saturated rings. The van der Waals surface area contributed by atoms with Crippen LogP contribution < -0.4 is 0 Å². The number of likely N-dealkylation sites (N-methyl/N-ethyl adjacent to an activating group) is 1. The lowest BCUT2D eigenvalue weighted by atomic mass is 10.1. The Bertz CT molecular complexity index is 437. The summed E-state index contributed by atoms with van der Waals surface area (Å²) in [7, 11) is -0.739. The lowest BCUT2D eigenvalue weighted by molar-refractivity contribution is -0.923. The van der Waals surface area contributed by atoms with Crippen molar-refractivity contribution in [1.82, 2.24) is 0 Å². The molecule has 7 nitrogen and oxygen atoms in total. The summed E-state index contributed by atoms with van der Waals surface area (Å²) in [4.78, 5) is 21.3. The highest BCUT2D eigenvalue weighted by molar-refractivity contribution is 7.55. The minimum atomic E-state index is -4.74. The fourth-order valence-corrected chi connectivity index (χ4v) is 4.21. The Balaban J connectivity index is 4.08. The molecule has 3 N–H and O–H groups in total. The van der Waals surface area contributed by atoms with Crippen molar-refractivity contribution in [1.29, 1.82) is 0 Å². The van der Waals surface area contributed by atoms with Gasteiger partial charge in [-0.3, -0.25) is 4.48 Å². The fourth-order valence-electron chi connectivity index (χ4n) is 2.65. The average Bonchev–Trinajstić information content (AvgIpc) is 2.50. The molecule has 25 heavy (non-hydrogen) atoms. The molecule has 8 heteroatoms. The Morgan fingerprint density at radius 2 is 1.36 bits per heavy atom. The summed E-state index contributed by atoms with van der Waals surface area (Å²) >= 11 is 0. The summed E-state index contributed by atoms with van der Waals surface area (Å²) in [6.45, 7) is 2.16. The van der Waals surface area contributed by atoms with Gasteiger partial charge in [0.15, 0.2) is 0 Å². The Kier molecular flexibility index (Phi) is 11.1. The molecule has 0 heterocycles. The van der Waals surface area contributed by atoms with Crippen molar-refractivity contribution in [2.24, 2.45) is 0 Å². The number of hydrogen-bond acceptors (Lipinski definition) is 4. The van der Waals surface area contributed by atoms with Gasteiger partial charge in [0.2, 0.25) is 0 Å². The van der Waals surface area contributed by atoms with Crippen molar-refractivity contribution >= 4 is 13.6 Å². The van der Waals surface area contributed by atoms with E-state index in [2.05, 4.69) is 6.92 Å². The molecule has 0 amide bonds. The van der Waals surface area contributed by atoms with Crippen molar-refractivity contribution in [3.8, 4) is 0 Å². The number of carbonyl (C=O) groups is 1. The van der Waals surface area contributed by atoms with E-state index in [0.29, 0.717) is 6.42 Å². The smallest absolute Gasteiger partial charge is 0.430 e. The molecule has 0 radical (unpaired) electrons. The highest BCUT2D eigenvalue weighted by Gasteiger charge is 2.65. The molecule has 0 bridgehead atoms. The molecule has 0 aromatic heterocycles. The van der Waals surface area contributed by atoms with Crippen LogP contribution in [-0.2, 0) is 13.9 Å². The van der Waals surface area contributed by atoms with Crippen LogP contribution in [0.1, 0.15) is 71.1 Å². The van der Waals surface area contributed by atoms with Gasteiger partial charge in [-0.2, -0.15) is 0 Å². The van der Waals surface area contributed by atoms with E-state index in [0.717, 1.165) is 19.3 Å².